The molecule has 0 amide bonds. The number of nitro benzene ring substituents is 1. The van der Waals surface area contributed by atoms with E-state index in [0.717, 1.165) is 10.0 Å². The fourth-order valence-corrected chi connectivity index (χ4v) is 2.97. The van der Waals surface area contributed by atoms with Crippen LogP contribution < -0.4 is 0 Å². The van der Waals surface area contributed by atoms with E-state index in [1.54, 1.807) is 13.0 Å². The Hall–Kier alpha value is -3.86. The molecule has 1 unspecified atom stereocenters. The van der Waals surface area contributed by atoms with Crippen molar-refractivity contribution >= 4 is 27.6 Å². The van der Waals surface area contributed by atoms with Crippen LogP contribution in [0.4, 0.5) is 5.69 Å². The summed E-state index contributed by atoms with van der Waals surface area (Å²) in [6.07, 6.45) is -0.814. The molecule has 0 bridgehead atoms. The summed E-state index contributed by atoms with van der Waals surface area (Å²) >= 11 is 3.37. The van der Waals surface area contributed by atoms with Crippen LogP contribution in [0.25, 0.3) is 22.7 Å². The van der Waals surface area contributed by atoms with Crippen molar-refractivity contribution in [2.45, 2.75) is 13.0 Å². The van der Waals surface area contributed by atoms with Crippen molar-refractivity contribution in [1.29, 1.82) is 0 Å². The number of carbonyl (C=O) groups excluding carboxylic acids is 1. The van der Waals surface area contributed by atoms with Crippen LogP contribution in [0, 0.1) is 10.1 Å². The van der Waals surface area contributed by atoms with Gasteiger partial charge in [0.25, 0.3) is 11.6 Å². The highest BCUT2D eigenvalue weighted by Crippen LogP contribution is 2.25. The number of nitrogens with one attached hydrogen (secondary N) is 1. The SMILES string of the molecule is CC(OC(=O)c1cc(-c2ccc(Br)cc2)n[nH]1)c1nnc(-c2ccc([N+](=O)[O-])cc2)o1. The molecule has 4 aromatic rings. The van der Waals surface area contributed by atoms with Gasteiger partial charge in [0.05, 0.1) is 10.6 Å². The van der Waals surface area contributed by atoms with Crippen molar-refractivity contribution < 1.29 is 18.9 Å². The summed E-state index contributed by atoms with van der Waals surface area (Å²) in [5.74, 6) is -0.375. The van der Waals surface area contributed by atoms with Crippen LogP contribution in [0.15, 0.2) is 63.5 Å². The Morgan fingerprint density at radius 2 is 1.81 bits per heavy atom. The average Bonchev–Trinajstić information content (AvgIpc) is 3.45. The molecule has 0 saturated carbocycles. The normalized spacial score (nSPS) is 11.8. The van der Waals surface area contributed by atoms with Gasteiger partial charge in [-0.05, 0) is 37.3 Å². The highest BCUT2D eigenvalue weighted by molar-refractivity contribution is 9.10. The first-order valence-corrected chi connectivity index (χ1v) is 9.80. The molecular formula is C20H14BrN5O5. The van der Waals surface area contributed by atoms with Gasteiger partial charge >= 0.3 is 5.97 Å². The van der Waals surface area contributed by atoms with E-state index in [-0.39, 0.29) is 23.2 Å². The number of H-pyrrole nitrogens is 1. The number of aromatic amines is 1. The Kier molecular flexibility index (Phi) is 5.58. The van der Waals surface area contributed by atoms with Gasteiger partial charge in [-0.1, -0.05) is 28.1 Å². The second-order valence-corrected chi connectivity index (χ2v) is 7.39. The van der Waals surface area contributed by atoms with E-state index in [9.17, 15) is 14.9 Å². The number of esters is 1. The molecule has 11 heteroatoms. The molecule has 10 nitrogen and oxygen atoms in total. The van der Waals surface area contributed by atoms with Crippen molar-refractivity contribution in [3.63, 3.8) is 0 Å². The molecule has 1 atom stereocenters. The Bertz CT molecular complexity index is 1230. The fourth-order valence-electron chi connectivity index (χ4n) is 2.71. The van der Waals surface area contributed by atoms with Gasteiger partial charge in [0.2, 0.25) is 5.89 Å². The minimum Gasteiger partial charge on any atom is -0.448 e. The topological polar surface area (TPSA) is 137 Å². The molecule has 0 aliphatic carbocycles. The Labute approximate surface area is 183 Å². The van der Waals surface area contributed by atoms with Gasteiger partial charge in [-0.15, -0.1) is 10.2 Å². The molecule has 2 heterocycles. The summed E-state index contributed by atoms with van der Waals surface area (Å²) in [5.41, 5.74) is 2.09. The lowest BCUT2D eigenvalue weighted by Gasteiger charge is -2.07. The van der Waals surface area contributed by atoms with Crippen LogP contribution in [0.3, 0.4) is 0 Å². The van der Waals surface area contributed by atoms with Gasteiger partial charge < -0.3 is 9.15 Å². The first-order valence-electron chi connectivity index (χ1n) is 9.01. The standard InChI is InChI=1S/C20H14BrN5O5/c1-11(18-24-25-19(31-18)13-4-8-15(9-5-13)26(28)29)30-20(27)17-10-16(22-23-17)12-2-6-14(21)7-3-12/h2-11H,1H3,(H,22,23). The Morgan fingerprint density at radius 1 is 1.13 bits per heavy atom. The Balaban J connectivity index is 1.44. The third-order valence-electron chi connectivity index (χ3n) is 4.34. The van der Waals surface area contributed by atoms with Crippen molar-refractivity contribution in [2.75, 3.05) is 0 Å². The van der Waals surface area contributed by atoms with Crippen molar-refractivity contribution in [2.24, 2.45) is 0 Å². The quantitative estimate of drug-likeness (QED) is 0.236. The lowest BCUT2D eigenvalue weighted by Crippen LogP contribution is -2.10. The maximum absolute atomic E-state index is 12.5. The lowest BCUT2D eigenvalue weighted by molar-refractivity contribution is -0.384. The first kappa shape index (κ1) is 20.4. The molecule has 0 aliphatic rings. The van der Waals surface area contributed by atoms with E-state index < -0.39 is 17.0 Å². The number of nitro groups is 1. The van der Waals surface area contributed by atoms with Crippen LogP contribution >= 0.6 is 15.9 Å². The minimum absolute atomic E-state index is 0.0483. The predicted molar refractivity (Wildman–Crippen MR) is 112 cm³/mol. The zero-order valence-electron chi connectivity index (χ0n) is 16.0. The van der Waals surface area contributed by atoms with Gasteiger partial charge in [-0.25, -0.2) is 4.79 Å². The number of aromatic nitrogens is 4. The third-order valence-corrected chi connectivity index (χ3v) is 4.86. The number of carbonyl (C=O) groups is 1. The van der Waals surface area contributed by atoms with Crippen LogP contribution in [0.5, 0.6) is 0 Å². The summed E-state index contributed by atoms with van der Waals surface area (Å²) in [4.78, 5) is 22.7. The molecule has 1 N–H and O–H groups in total. The van der Waals surface area contributed by atoms with Crippen LogP contribution in [-0.2, 0) is 4.74 Å². The molecule has 0 fully saturated rings. The van der Waals surface area contributed by atoms with Gasteiger partial charge in [0.15, 0.2) is 6.10 Å². The van der Waals surface area contributed by atoms with E-state index in [4.69, 9.17) is 9.15 Å². The number of hydrogen-bond acceptors (Lipinski definition) is 8. The zero-order valence-corrected chi connectivity index (χ0v) is 17.6. The van der Waals surface area contributed by atoms with E-state index in [1.807, 2.05) is 24.3 Å². The van der Waals surface area contributed by atoms with Crippen molar-refractivity contribution in [1.82, 2.24) is 20.4 Å². The number of benzene rings is 2. The minimum atomic E-state index is -0.814. The fraction of sp³-hybridized carbons (Fsp3) is 0.100. The number of ether oxygens (including phenoxy) is 1. The first-order chi connectivity index (χ1) is 14.9. The second kappa shape index (κ2) is 8.48. The van der Waals surface area contributed by atoms with E-state index in [0.29, 0.717) is 11.3 Å². The van der Waals surface area contributed by atoms with Gasteiger partial charge in [0.1, 0.15) is 5.69 Å². The number of non-ortho nitro benzene ring substituents is 1. The summed E-state index contributed by atoms with van der Waals surface area (Å²) in [7, 11) is 0. The summed E-state index contributed by atoms with van der Waals surface area (Å²) < 4.78 is 11.9. The number of nitrogens with zero attached hydrogens (tertiary/aromatic N) is 4. The molecule has 0 saturated heterocycles. The van der Waals surface area contributed by atoms with Gasteiger partial charge in [-0.3, -0.25) is 15.2 Å². The highest BCUT2D eigenvalue weighted by atomic mass is 79.9. The molecular weight excluding hydrogens is 470 g/mol. The predicted octanol–water partition coefficient (Wildman–Crippen LogP) is 4.72. The van der Waals surface area contributed by atoms with Crippen molar-refractivity contribution in [3.8, 4) is 22.7 Å². The molecule has 0 spiro atoms. The molecule has 0 radical (unpaired) electrons. The third kappa shape index (κ3) is 4.51. The molecule has 2 aromatic heterocycles. The molecule has 31 heavy (non-hydrogen) atoms. The van der Waals surface area contributed by atoms with Gasteiger partial charge in [0, 0.05) is 27.7 Å². The Morgan fingerprint density at radius 3 is 2.48 bits per heavy atom. The monoisotopic (exact) mass is 483 g/mol. The van der Waals surface area contributed by atoms with Crippen molar-refractivity contribution in [3.05, 3.63) is 80.8 Å². The molecule has 4 rings (SSSR count). The largest absolute Gasteiger partial charge is 0.448 e. The average molecular weight is 484 g/mol. The summed E-state index contributed by atoms with van der Waals surface area (Å²) in [6.45, 7) is 1.59. The van der Waals surface area contributed by atoms with E-state index in [1.165, 1.54) is 24.3 Å². The van der Waals surface area contributed by atoms with E-state index >= 15 is 0 Å². The molecule has 0 aliphatic heterocycles. The van der Waals surface area contributed by atoms with Crippen LogP contribution in [0.2, 0.25) is 0 Å². The maximum Gasteiger partial charge on any atom is 0.357 e. The van der Waals surface area contributed by atoms with E-state index in [2.05, 4.69) is 36.3 Å². The number of rotatable bonds is 6. The molecule has 156 valence electrons. The maximum atomic E-state index is 12.5. The molecule has 2 aromatic carbocycles. The smallest absolute Gasteiger partial charge is 0.357 e. The lowest BCUT2D eigenvalue weighted by atomic mass is 10.1. The summed E-state index contributed by atoms with van der Waals surface area (Å²) in [6, 6.07) is 14.8. The number of halogens is 1. The van der Waals surface area contributed by atoms with Crippen LogP contribution in [-0.4, -0.2) is 31.3 Å². The number of hydrogen-bond donors (Lipinski definition) is 1. The summed E-state index contributed by atoms with van der Waals surface area (Å²) in [5, 5.41) is 25.4. The van der Waals surface area contributed by atoms with Gasteiger partial charge in [-0.2, -0.15) is 5.10 Å². The zero-order chi connectivity index (χ0) is 22.0. The van der Waals surface area contributed by atoms with Crippen LogP contribution in [0.1, 0.15) is 29.4 Å². The second-order valence-electron chi connectivity index (χ2n) is 6.47. The highest BCUT2D eigenvalue weighted by Gasteiger charge is 2.21.